The quantitative estimate of drug-likeness (QED) is 0.794. The molecule has 0 spiro atoms. The van der Waals surface area contributed by atoms with Crippen molar-refractivity contribution in [2.75, 3.05) is 13.7 Å². The minimum Gasteiger partial charge on any atom is -0.495 e. The number of ether oxygens (including phenoxy) is 2. The van der Waals surface area contributed by atoms with E-state index in [-0.39, 0.29) is 12.3 Å². The van der Waals surface area contributed by atoms with Crippen molar-refractivity contribution in [1.82, 2.24) is 9.55 Å². The summed E-state index contributed by atoms with van der Waals surface area (Å²) in [5, 5.41) is 0. The Bertz CT molecular complexity index is 595. The van der Waals surface area contributed by atoms with E-state index in [0.29, 0.717) is 11.4 Å². The highest BCUT2D eigenvalue weighted by Gasteiger charge is 2.17. The molecule has 5 nitrogen and oxygen atoms in total. The van der Waals surface area contributed by atoms with Crippen LogP contribution in [-0.2, 0) is 4.74 Å². The Hall–Kier alpha value is -2.37. The third-order valence-electron chi connectivity index (χ3n) is 2.52. The van der Waals surface area contributed by atoms with Crippen LogP contribution in [0.3, 0.4) is 0 Å². The van der Waals surface area contributed by atoms with Crippen LogP contribution in [-0.4, -0.2) is 29.2 Å². The standard InChI is InChI=1S/C13H13FN2O3/c1-3-19-13(17)11-7-15-8-16(11)10-6-9(14)4-5-12(10)18-2/h4-8H,3H2,1-2H3. The van der Waals surface area contributed by atoms with Gasteiger partial charge in [-0.05, 0) is 19.1 Å². The number of carbonyl (C=O) groups is 1. The topological polar surface area (TPSA) is 53.3 Å². The molecule has 2 aromatic rings. The van der Waals surface area contributed by atoms with Crippen LogP contribution in [0.5, 0.6) is 5.75 Å². The maximum absolute atomic E-state index is 13.4. The highest BCUT2D eigenvalue weighted by molar-refractivity contribution is 5.88. The Morgan fingerprint density at radius 2 is 2.26 bits per heavy atom. The Kier molecular flexibility index (Phi) is 3.79. The van der Waals surface area contributed by atoms with E-state index >= 15 is 0 Å². The van der Waals surface area contributed by atoms with E-state index in [0.717, 1.165) is 0 Å². The number of esters is 1. The van der Waals surface area contributed by atoms with Crippen LogP contribution in [0.1, 0.15) is 17.4 Å². The predicted octanol–water partition coefficient (Wildman–Crippen LogP) is 2.20. The maximum Gasteiger partial charge on any atom is 0.356 e. The Morgan fingerprint density at radius 3 is 2.95 bits per heavy atom. The SMILES string of the molecule is CCOC(=O)c1cncn1-c1cc(F)ccc1OC. The molecule has 0 bridgehead atoms. The van der Waals surface area contributed by atoms with Gasteiger partial charge in [0.15, 0.2) is 5.69 Å². The second kappa shape index (κ2) is 5.51. The van der Waals surface area contributed by atoms with E-state index < -0.39 is 11.8 Å². The molecule has 2 rings (SSSR count). The summed E-state index contributed by atoms with van der Waals surface area (Å²) >= 11 is 0. The van der Waals surface area contributed by atoms with E-state index in [2.05, 4.69) is 4.98 Å². The lowest BCUT2D eigenvalue weighted by Crippen LogP contribution is -2.11. The summed E-state index contributed by atoms with van der Waals surface area (Å²) in [4.78, 5) is 15.7. The van der Waals surface area contributed by atoms with Crippen LogP contribution >= 0.6 is 0 Å². The average molecular weight is 264 g/mol. The highest BCUT2D eigenvalue weighted by atomic mass is 19.1. The highest BCUT2D eigenvalue weighted by Crippen LogP contribution is 2.25. The number of carbonyl (C=O) groups excluding carboxylic acids is 1. The van der Waals surface area contributed by atoms with Gasteiger partial charge in [0.2, 0.25) is 0 Å². The molecule has 1 aromatic heterocycles. The average Bonchev–Trinajstić information content (AvgIpc) is 2.88. The van der Waals surface area contributed by atoms with Gasteiger partial charge in [-0.25, -0.2) is 14.2 Å². The van der Waals surface area contributed by atoms with Gasteiger partial charge in [-0.1, -0.05) is 0 Å². The number of benzene rings is 1. The van der Waals surface area contributed by atoms with Crippen LogP contribution < -0.4 is 4.74 Å². The zero-order valence-corrected chi connectivity index (χ0v) is 10.6. The summed E-state index contributed by atoms with van der Waals surface area (Å²) in [5.74, 6) is -0.518. The molecule has 6 heteroatoms. The summed E-state index contributed by atoms with van der Waals surface area (Å²) in [6.07, 6.45) is 2.77. The molecule has 0 atom stereocenters. The number of imidazole rings is 1. The molecular weight excluding hydrogens is 251 g/mol. The van der Waals surface area contributed by atoms with E-state index in [1.807, 2.05) is 0 Å². The van der Waals surface area contributed by atoms with Gasteiger partial charge in [-0.2, -0.15) is 0 Å². The summed E-state index contributed by atoms with van der Waals surface area (Å²) in [6, 6.07) is 4.03. The van der Waals surface area contributed by atoms with Gasteiger partial charge < -0.3 is 9.47 Å². The van der Waals surface area contributed by atoms with Crippen molar-refractivity contribution >= 4 is 5.97 Å². The minimum absolute atomic E-state index is 0.214. The van der Waals surface area contributed by atoms with Gasteiger partial charge in [-0.15, -0.1) is 0 Å². The smallest absolute Gasteiger partial charge is 0.356 e. The second-order valence-corrected chi connectivity index (χ2v) is 3.69. The zero-order valence-electron chi connectivity index (χ0n) is 10.6. The van der Waals surface area contributed by atoms with Crippen LogP contribution in [0.15, 0.2) is 30.7 Å². The molecule has 0 aliphatic heterocycles. The first-order valence-electron chi connectivity index (χ1n) is 5.70. The molecule has 0 aliphatic rings. The first-order valence-corrected chi connectivity index (χ1v) is 5.70. The molecule has 0 unspecified atom stereocenters. The fraction of sp³-hybridized carbons (Fsp3) is 0.231. The van der Waals surface area contributed by atoms with E-state index in [9.17, 15) is 9.18 Å². The van der Waals surface area contributed by atoms with Crippen molar-refractivity contribution in [3.05, 3.63) is 42.2 Å². The fourth-order valence-corrected chi connectivity index (χ4v) is 1.69. The molecule has 0 saturated carbocycles. The first-order chi connectivity index (χ1) is 9.17. The minimum atomic E-state index is -0.522. The lowest BCUT2D eigenvalue weighted by molar-refractivity contribution is 0.0517. The number of halogens is 1. The Labute approximate surface area is 109 Å². The van der Waals surface area contributed by atoms with Gasteiger partial charge >= 0.3 is 5.97 Å². The number of methoxy groups -OCH3 is 1. The van der Waals surface area contributed by atoms with Crippen LogP contribution in [0, 0.1) is 5.82 Å². The molecule has 0 saturated heterocycles. The molecule has 0 aliphatic carbocycles. The molecule has 0 radical (unpaired) electrons. The summed E-state index contributed by atoms with van der Waals surface area (Å²) < 4.78 is 24.9. The summed E-state index contributed by atoms with van der Waals surface area (Å²) in [5.41, 5.74) is 0.605. The lowest BCUT2D eigenvalue weighted by Gasteiger charge is -2.11. The third-order valence-corrected chi connectivity index (χ3v) is 2.52. The van der Waals surface area contributed by atoms with Gasteiger partial charge in [0.1, 0.15) is 11.6 Å². The predicted molar refractivity (Wildman–Crippen MR) is 66.0 cm³/mol. The first kappa shape index (κ1) is 13.1. The molecule has 0 amide bonds. The van der Waals surface area contributed by atoms with Crippen molar-refractivity contribution < 1.29 is 18.7 Å². The Morgan fingerprint density at radius 1 is 1.47 bits per heavy atom. The number of nitrogens with zero attached hydrogens (tertiary/aromatic N) is 2. The molecule has 1 aromatic carbocycles. The van der Waals surface area contributed by atoms with Crippen molar-refractivity contribution in [2.24, 2.45) is 0 Å². The van der Waals surface area contributed by atoms with Crippen LogP contribution in [0.25, 0.3) is 5.69 Å². The Balaban J connectivity index is 2.51. The monoisotopic (exact) mass is 264 g/mol. The number of hydrogen-bond donors (Lipinski definition) is 0. The largest absolute Gasteiger partial charge is 0.495 e. The number of hydrogen-bond acceptors (Lipinski definition) is 4. The molecule has 0 fully saturated rings. The van der Waals surface area contributed by atoms with Gasteiger partial charge in [0, 0.05) is 6.07 Å². The normalized spacial score (nSPS) is 10.3. The molecule has 19 heavy (non-hydrogen) atoms. The lowest BCUT2D eigenvalue weighted by atomic mass is 10.2. The van der Waals surface area contributed by atoms with Crippen LogP contribution in [0.4, 0.5) is 4.39 Å². The number of aromatic nitrogens is 2. The van der Waals surface area contributed by atoms with Gasteiger partial charge in [-0.3, -0.25) is 4.57 Å². The van der Waals surface area contributed by atoms with Crippen molar-refractivity contribution in [2.45, 2.75) is 6.92 Å². The second-order valence-electron chi connectivity index (χ2n) is 3.69. The van der Waals surface area contributed by atoms with Crippen molar-refractivity contribution in [3.63, 3.8) is 0 Å². The van der Waals surface area contributed by atoms with Crippen LogP contribution in [0.2, 0.25) is 0 Å². The molecule has 1 heterocycles. The van der Waals surface area contributed by atoms with E-state index in [1.165, 1.54) is 42.4 Å². The van der Waals surface area contributed by atoms with Crippen molar-refractivity contribution in [3.8, 4) is 11.4 Å². The molecule has 0 N–H and O–H groups in total. The zero-order chi connectivity index (χ0) is 13.8. The fourth-order valence-electron chi connectivity index (χ4n) is 1.69. The summed E-state index contributed by atoms with van der Waals surface area (Å²) in [7, 11) is 1.47. The van der Waals surface area contributed by atoms with Gasteiger partial charge in [0.25, 0.3) is 0 Å². The maximum atomic E-state index is 13.4. The third kappa shape index (κ3) is 2.57. The number of rotatable bonds is 4. The van der Waals surface area contributed by atoms with Crippen molar-refractivity contribution in [1.29, 1.82) is 0 Å². The van der Waals surface area contributed by atoms with E-state index in [1.54, 1.807) is 6.92 Å². The van der Waals surface area contributed by atoms with Gasteiger partial charge in [0.05, 0.1) is 31.9 Å². The summed E-state index contributed by atoms with van der Waals surface area (Å²) in [6.45, 7) is 1.96. The van der Waals surface area contributed by atoms with E-state index in [4.69, 9.17) is 9.47 Å². The molecule has 100 valence electrons. The molecular formula is C13H13FN2O3.